The third-order valence-corrected chi connectivity index (χ3v) is 0.125. The minimum atomic E-state index is 0. The van der Waals surface area contributed by atoms with E-state index in [0.717, 1.165) is 0 Å². The van der Waals surface area contributed by atoms with E-state index in [0.29, 0.717) is 0 Å². The summed E-state index contributed by atoms with van der Waals surface area (Å²) in [4.78, 5) is 0. The average molecular weight is 171 g/mol. The van der Waals surface area contributed by atoms with E-state index in [4.69, 9.17) is 10.2 Å². The molecule has 0 rings (SSSR count). The average Bonchev–Trinajstić information content (AvgIpc) is 1.69. The Morgan fingerprint density at radius 3 is 1.25 bits per heavy atom. The van der Waals surface area contributed by atoms with Gasteiger partial charge in [0.05, 0.1) is 0 Å². The topological polar surface area (TPSA) is 45.8 Å². The van der Waals surface area contributed by atoms with Gasteiger partial charge >= 0.3 is 17.1 Å². The summed E-state index contributed by atoms with van der Waals surface area (Å²) in [5, 5.41) is 12.5. The Balaban J connectivity index is -0.0000000575. The number of rotatable bonds is 1. The molecule has 0 bridgehead atoms. The minimum Gasteiger partial charge on any atom is -0.440 e. The van der Waals surface area contributed by atoms with Gasteiger partial charge in [0.15, 0.2) is 0 Å². The van der Waals surface area contributed by atoms with Gasteiger partial charge in [-0.3, -0.25) is 0 Å². The van der Waals surface area contributed by atoms with Crippen molar-refractivity contribution >= 4 is 0 Å². The SMILES string of the molecule is C[CH-]C.[Cu+].[OH2+]CC[OH2+]. The summed E-state index contributed by atoms with van der Waals surface area (Å²) in [5.74, 6) is 0. The Bertz CT molecular complexity index is 17.9. The van der Waals surface area contributed by atoms with E-state index in [9.17, 15) is 0 Å². The van der Waals surface area contributed by atoms with Crippen LogP contribution in [0.2, 0.25) is 0 Å². The number of hydrogen-bond donors (Lipinski definition) is 0. The van der Waals surface area contributed by atoms with Crippen LogP contribution in [0.25, 0.3) is 0 Å². The van der Waals surface area contributed by atoms with Gasteiger partial charge < -0.3 is 16.6 Å². The van der Waals surface area contributed by atoms with Crippen LogP contribution in [0.4, 0.5) is 0 Å². The van der Waals surface area contributed by atoms with Gasteiger partial charge in [0, 0.05) is 0 Å². The summed E-state index contributed by atoms with van der Waals surface area (Å²) < 4.78 is 0. The molecule has 0 atom stereocenters. The van der Waals surface area contributed by atoms with Crippen LogP contribution in [0.1, 0.15) is 13.8 Å². The van der Waals surface area contributed by atoms with Crippen molar-refractivity contribution in [3.05, 3.63) is 6.42 Å². The predicted molar refractivity (Wildman–Crippen MR) is 32.6 cm³/mol. The van der Waals surface area contributed by atoms with E-state index in [2.05, 4.69) is 0 Å². The Kier molecular flexibility index (Phi) is 51.5. The molecule has 0 aliphatic heterocycles. The van der Waals surface area contributed by atoms with Gasteiger partial charge in [-0.25, -0.2) is 0 Å². The second-order valence-electron chi connectivity index (χ2n) is 1.08. The molecule has 8 heavy (non-hydrogen) atoms. The first kappa shape index (κ1) is 15.8. The molecule has 0 saturated carbocycles. The van der Waals surface area contributed by atoms with Crippen molar-refractivity contribution in [2.45, 2.75) is 13.8 Å². The second-order valence-corrected chi connectivity index (χ2v) is 1.08. The normalized spacial score (nSPS) is 6.00. The summed E-state index contributed by atoms with van der Waals surface area (Å²) in [6.45, 7) is 4.47. The van der Waals surface area contributed by atoms with E-state index in [1.807, 2.05) is 20.3 Å². The maximum atomic E-state index is 6.26. The van der Waals surface area contributed by atoms with Gasteiger partial charge in [0.1, 0.15) is 0 Å². The zero-order valence-electron chi connectivity index (χ0n) is 5.29. The van der Waals surface area contributed by atoms with Crippen LogP contribution in [0.5, 0.6) is 0 Å². The zero-order valence-corrected chi connectivity index (χ0v) is 6.23. The van der Waals surface area contributed by atoms with Gasteiger partial charge in [-0.05, 0) is 0 Å². The van der Waals surface area contributed by atoms with Crippen molar-refractivity contribution in [3.8, 4) is 0 Å². The van der Waals surface area contributed by atoms with Gasteiger partial charge in [-0.15, -0.1) is 0 Å². The molecular weight excluding hydrogens is 156 g/mol. The Hall–Kier alpha value is 0.439. The van der Waals surface area contributed by atoms with Crippen LogP contribution in [0.15, 0.2) is 0 Å². The molecule has 0 fully saturated rings. The molecule has 2 nitrogen and oxygen atoms in total. The molecule has 0 aliphatic carbocycles. The monoisotopic (exact) mass is 170 g/mol. The van der Waals surface area contributed by atoms with E-state index in [1.165, 1.54) is 0 Å². The van der Waals surface area contributed by atoms with Gasteiger partial charge in [-0.1, -0.05) is 0 Å². The predicted octanol–water partition coefficient (Wildman–Crippen LogP) is -0.336. The van der Waals surface area contributed by atoms with Crippen molar-refractivity contribution in [2.24, 2.45) is 0 Å². The molecule has 0 heterocycles. The molecule has 56 valence electrons. The van der Waals surface area contributed by atoms with Crippen LogP contribution in [0, 0.1) is 6.42 Å². The van der Waals surface area contributed by atoms with Crippen molar-refractivity contribution in [2.75, 3.05) is 13.2 Å². The van der Waals surface area contributed by atoms with Crippen molar-refractivity contribution < 1.29 is 27.3 Å². The van der Waals surface area contributed by atoms with Gasteiger partial charge in [0.25, 0.3) is 0 Å². The van der Waals surface area contributed by atoms with Crippen molar-refractivity contribution in [3.63, 3.8) is 0 Å². The summed E-state index contributed by atoms with van der Waals surface area (Å²) in [7, 11) is 0. The summed E-state index contributed by atoms with van der Waals surface area (Å²) >= 11 is 0. The van der Waals surface area contributed by atoms with Gasteiger partial charge in [0.2, 0.25) is 13.2 Å². The molecule has 0 aromatic carbocycles. The molecule has 3 heteroatoms. The maximum Gasteiger partial charge on any atom is 1.00 e. The third-order valence-electron chi connectivity index (χ3n) is 0.125. The second kappa shape index (κ2) is 26.1. The minimum absolute atomic E-state index is 0. The fourth-order valence-electron chi connectivity index (χ4n) is 0. The first-order valence-corrected chi connectivity index (χ1v) is 2.36. The quantitative estimate of drug-likeness (QED) is 0.294. The maximum absolute atomic E-state index is 6.26. The van der Waals surface area contributed by atoms with Crippen LogP contribution >= 0.6 is 0 Å². The Morgan fingerprint density at radius 2 is 1.25 bits per heavy atom. The van der Waals surface area contributed by atoms with Crippen LogP contribution in [0.3, 0.4) is 0 Å². The number of hydrogen-bond acceptors (Lipinski definition) is 0. The van der Waals surface area contributed by atoms with Crippen molar-refractivity contribution in [1.82, 2.24) is 0 Å². The standard InChI is InChI=1S/C3H7.C2H6O2.Cu/c1-3-2;3-1-2-4;/h3H,1-2H3;3-4H,1-2H2;/q-1;;+1/p+2. The molecule has 0 aromatic heterocycles. The molecule has 0 saturated heterocycles. The fourth-order valence-corrected chi connectivity index (χ4v) is 0. The summed E-state index contributed by atoms with van der Waals surface area (Å²) in [5.41, 5.74) is 0. The summed E-state index contributed by atoms with van der Waals surface area (Å²) in [6, 6.07) is 0. The Labute approximate surface area is 61.4 Å². The van der Waals surface area contributed by atoms with Crippen LogP contribution in [-0.4, -0.2) is 23.4 Å². The molecule has 0 spiro atoms. The molecule has 0 amide bonds. The van der Waals surface area contributed by atoms with Crippen molar-refractivity contribution in [1.29, 1.82) is 0 Å². The fraction of sp³-hybridized carbons (Fsp3) is 0.800. The molecular formula is C5H15CuO2+2. The van der Waals surface area contributed by atoms with E-state index < -0.39 is 0 Å². The summed E-state index contributed by atoms with van der Waals surface area (Å²) in [6.07, 6.45) is 2.00. The molecule has 4 N–H and O–H groups in total. The molecule has 0 unspecified atom stereocenters. The first-order chi connectivity index (χ1) is 3.33. The molecule has 0 aromatic rings. The van der Waals surface area contributed by atoms with Gasteiger partial charge in [-0.2, -0.15) is 13.8 Å². The molecule has 0 aliphatic rings. The zero-order chi connectivity index (χ0) is 6.12. The Morgan fingerprint density at radius 1 is 1.12 bits per heavy atom. The first-order valence-electron chi connectivity index (χ1n) is 2.36. The third kappa shape index (κ3) is 92.0. The smallest absolute Gasteiger partial charge is 0.440 e. The van der Waals surface area contributed by atoms with Crippen LogP contribution < -0.4 is 0 Å². The van der Waals surface area contributed by atoms with E-state index >= 15 is 0 Å². The van der Waals surface area contributed by atoms with E-state index in [-0.39, 0.29) is 30.3 Å². The molecule has 0 radical (unpaired) electrons. The largest absolute Gasteiger partial charge is 1.00 e. The van der Waals surface area contributed by atoms with Crippen LogP contribution in [-0.2, 0) is 17.1 Å². The van der Waals surface area contributed by atoms with E-state index in [1.54, 1.807) is 0 Å².